The Labute approximate surface area is 104 Å². The molecule has 0 radical (unpaired) electrons. The van der Waals surface area contributed by atoms with Crippen molar-refractivity contribution in [1.82, 2.24) is 8.61 Å². The third-order valence-electron chi connectivity index (χ3n) is 3.74. The van der Waals surface area contributed by atoms with E-state index in [0.29, 0.717) is 38.5 Å². The molecule has 2 saturated heterocycles. The molecule has 5 nitrogen and oxygen atoms in total. The van der Waals surface area contributed by atoms with Crippen molar-refractivity contribution >= 4 is 10.2 Å². The highest BCUT2D eigenvalue weighted by Gasteiger charge is 2.34. The highest BCUT2D eigenvalue weighted by Crippen LogP contribution is 2.24. The summed E-state index contributed by atoms with van der Waals surface area (Å²) >= 11 is 0. The van der Waals surface area contributed by atoms with Gasteiger partial charge in [0.25, 0.3) is 10.2 Å². The van der Waals surface area contributed by atoms with Crippen LogP contribution in [-0.4, -0.2) is 54.9 Å². The molecule has 0 bridgehead atoms. The Balaban J connectivity index is 2.00. The molecule has 1 unspecified atom stereocenters. The zero-order chi connectivity index (χ0) is 12.3. The van der Waals surface area contributed by atoms with Crippen molar-refractivity contribution < 1.29 is 13.5 Å². The van der Waals surface area contributed by atoms with Crippen LogP contribution in [0.5, 0.6) is 0 Å². The first-order valence-electron chi connectivity index (χ1n) is 6.50. The fraction of sp³-hybridized carbons (Fsp3) is 1.00. The minimum absolute atomic E-state index is 0.155. The van der Waals surface area contributed by atoms with E-state index in [-0.39, 0.29) is 6.61 Å². The maximum atomic E-state index is 12.3. The quantitative estimate of drug-likeness (QED) is 0.799. The molecular formula is C11H22N2O3S. The standard InChI is InChI=1S/C11H22N2O3S/c14-9-5-11-4-3-8-13(10-11)17(15,16)12-6-1-2-7-12/h11,14H,1-10H2. The largest absolute Gasteiger partial charge is 0.396 e. The molecule has 2 aliphatic heterocycles. The lowest BCUT2D eigenvalue weighted by Crippen LogP contribution is -2.47. The predicted octanol–water partition coefficient (Wildman–Crippen LogP) is 0.421. The molecule has 0 aromatic carbocycles. The zero-order valence-corrected chi connectivity index (χ0v) is 11.0. The Kier molecular flexibility index (Phi) is 4.41. The first-order chi connectivity index (χ1) is 8.14. The van der Waals surface area contributed by atoms with E-state index in [1.54, 1.807) is 8.61 Å². The van der Waals surface area contributed by atoms with E-state index in [4.69, 9.17) is 5.11 Å². The predicted molar refractivity (Wildman–Crippen MR) is 65.7 cm³/mol. The molecule has 1 N–H and O–H groups in total. The zero-order valence-electron chi connectivity index (χ0n) is 10.2. The van der Waals surface area contributed by atoms with Crippen LogP contribution in [0.15, 0.2) is 0 Å². The fourth-order valence-electron chi connectivity index (χ4n) is 2.74. The van der Waals surface area contributed by atoms with Gasteiger partial charge in [-0.1, -0.05) is 0 Å². The van der Waals surface area contributed by atoms with Crippen LogP contribution in [0, 0.1) is 5.92 Å². The van der Waals surface area contributed by atoms with Crippen molar-refractivity contribution in [3.8, 4) is 0 Å². The van der Waals surface area contributed by atoms with E-state index < -0.39 is 10.2 Å². The van der Waals surface area contributed by atoms with Crippen molar-refractivity contribution in [3.63, 3.8) is 0 Å². The number of rotatable bonds is 4. The van der Waals surface area contributed by atoms with Gasteiger partial charge in [-0.25, -0.2) is 0 Å². The summed E-state index contributed by atoms with van der Waals surface area (Å²) < 4.78 is 27.9. The second-order valence-corrected chi connectivity index (χ2v) is 6.92. The Bertz CT molecular complexity index is 337. The third kappa shape index (κ3) is 2.99. The normalized spacial score (nSPS) is 28.6. The highest BCUT2D eigenvalue weighted by atomic mass is 32.2. The Morgan fingerprint density at radius 1 is 1.06 bits per heavy atom. The van der Waals surface area contributed by atoms with E-state index in [1.165, 1.54) is 0 Å². The average Bonchev–Trinajstić information content (AvgIpc) is 2.84. The summed E-state index contributed by atoms with van der Waals surface area (Å²) in [6, 6.07) is 0. The number of aliphatic hydroxyl groups excluding tert-OH is 1. The van der Waals surface area contributed by atoms with Gasteiger partial charge in [-0.15, -0.1) is 0 Å². The summed E-state index contributed by atoms with van der Waals surface area (Å²) in [5.41, 5.74) is 0. The van der Waals surface area contributed by atoms with Crippen LogP contribution in [0.4, 0.5) is 0 Å². The number of aliphatic hydroxyl groups is 1. The van der Waals surface area contributed by atoms with Crippen LogP contribution in [0.2, 0.25) is 0 Å². The smallest absolute Gasteiger partial charge is 0.281 e. The van der Waals surface area contributed by atoms with Gasteiger partial charge in [-0.3, -0.25) is 0 Å². The van der Waals surface area contributed by atoms with Gasteiger partial charge in [0.05, 0.1) is 0 Å². The van der Waals surface area contributed by atoms with Crippen LogP contribution in [0.25, 0.3) is 0 Å². The van der Waals surface area contributed by atoms with Gasteiger partial charge in [0.15, 0.2) is 0 Å². The third-order valence-corrected chi connectivity index (χ3v) is 5.74. The molecule has 0 amide bonds. The maximum absolute atomic E-state index is 12.3. The minimum Gasteiger partial charge on any atom is -0.396 e. The van der Waals surface area contributed by atoms with Crippen LogP contribution in [0.3, 0.4) is 0 Å². The molecule has 0 aromatic rings. The van der Waals surface area contributed by atoms with Crippen molar-refractivity contribution in [3.05, 3.63) is 0 Å². The number of hydrogen-bond donors (Lipinski definition) is 1. The van der Waals surface area contributed by atoms with Gasteiger partial charge in [-0.05, 0) is 38.0 Å². The molecule has 2 fully saturated rings. The van der Waals surface area contributed by atoms with Crippen LogP contribution in [0.1, 0.15) is 32.1 Å². The molecule has 2 aliphatic rings. The molecule has 2 rings (SSSR count). The Hall–Kier alpha value is -0.170. The molecule has 17 heavy (non-hydrogen) atoms. The van der Waals surface area contributed by atoms with Gasteiger partial charge in [0.2, 0.25) is 0 Å². The molecule has 1 atom stereocenters. The minimum atomic E-state index is -3.23. The second-order valence-electron chi connectivity index (χ2n) is 4.99. The molecule has 0 saturated carbocycles. The molecule has 0 aliphatic carbocycles. The molecule has 100 valence electrons. The monoisotopic (exact) mass is 262 g/mol. The summed E-state index contributed by atoms with van der Waals surface area (Å²) in [5, 5.41) is 8.94. The number of hydrogen-bond acceptors (Lipinski definition) is 3. The van der Waals surface area contributed by atoms with Crippen molar-refractivity contribution in [2.75, 3.05) is 32.8 Å². The lowest BCUT2D eigenvalue weighted by molar-refractivity contribution is 0.197. The summed E-state index contributed by atoms with van der Waals surface area (Å²) in [6.07, 6.45) is 4.62. The van der Waals surface area contributed by atoms with Gasteiger partial charge in [-0.2, -0.15) is 17.0 Å². The fourth-order valence-corrected chi connectivity index (χ4v) is 4.54. The van der Waals surface area contributed by atoms with E-state index in [2.05, 4.69) is 0 Å². The summed E-state index contributed by atoms with van der Waals surface area (Å²) in [7, 11) is -3.23. The lowest BCUT2D eigenvalue weighted by Gasteiger charge is -2.34. The SMILES string of the molecule is O=S(=O)(N1CCCC1)N1CCCC(CCO)C1. The van der Waals surface area contributed by atoms with Crippen LogP contribution in [-0.2, 0) is 10.2 Å². The van der Waals surface area contributed by atoms with Crippen molar-refractivity contribution in [1.29, 1.82) is 0 Å². The van der Waals surface area contributed by atoms with Crippen molar-refractivity contribution in [2.45, 2.75) is 32.1 Å². The van der Waals surface area contributed by atoms with Gasteiger partial charge in [0.1, 0.15) is 0 Å². The highest BCUT2D eigenvalue weighted by molar-refractivity contribution is 7.86. The topological polar surface area (TPSA) is 60.9 Å². The van der Waals surface area contributed by atoms with E-state index in [9.17, 15) is 8.42 Å². The van der Waals surface area contributed by atoms with Crippen molar-refractivity contribution in [2.24, 2.45) is 5.92 Å². The summed E-state index contributed by atoms with van der Waals surface area (Å²) in [4.78, 5) is 0. The van der Waals surface area contributed by atoms with Crippen LogP contribution >= 0.6 is 0 Å². The maximum Gasteiger partial charge on any atom is 0.281 e. The van der Waals surface area contributed by atoms with E-state index in [0.717, 1.165) is 25.7 Å². The van der Waals surface area contributed by atoms with E-state index >= 15 is 0 Å². The second kappa shape index (κ2) is 5.65. The summed E-state index contributed by atoms with van der Waals surface area (Å²) in [5.74, 6) is 0.325. The number of nitrogens with zero attached hydrogens (tertiary/aromatic N) is 2. The Morgan fingerprint density at radius 3 is 2.35 bits per heavy atom. The van der Waals surface area contributed by atoms with Crippen LogP contribution < -0.4 is 0 Å². The van der Waals surface area contributed by atoms with Gasteiger partial charge in [0, 0.05) is 32.8 Å². The summed E-state index contributed by atoms with van der Waals surface area (Å²) in [6.45, 7) is 2.72. The molecule has 0 spiro atoms. The average molecular weight is 262 g/mol. The number of piperidine rings is 1. The molecule has 0 aromatic heterocycles. The van der Waals surface area contributed by atoms with E-state index in [1.807, 2.05) is 0 Å². The molecule has 6 heteroatoms. The Morgan fingerprint density at radius 2 is 1.71 bits per heavy atom. The van der Waals surface area contributed by atoms with Gasteiger partial charge < -0.3 is 5.11 Å². The molecule has 2 heterocycles. The molecular weight excluding hydrogens is 240 g/mol. The first kappa shape index (κ1) is 13.3. The van der Waals surface area contributed by atoms with Gasteiger partial charge >= 0.3 is 0 Å². The lowest BCUT2D eigenvalue weighted by atomic mass is 9.97. The first-order valence-corrected chi connectivity index (χ1v) is 7.90.